The van der Waals surface area contributed by atoms with E-state index < -0.39 is 0 Å². The molecule has 0 saturated carbocycles. The van der Waals surface area contributed by atoms with Crippen molar-refractivity contribution in [3.63, 3.8) is 0 Å². The molecule has 0 atom stereocenters. The van der Waals surface area contributed by atoms with Crippen molar-refractivity contribution >= 4 is 16.6 Å². The molecule has 0 bridgehead atoms. The average molecular weight is 426 g/mol. The number of hydrogen-bond donors (Lipinski definition) is 1. The first-order valence-electron chi connectivity index (χ1n) is 10.6. The van der Waals surface area contributed by atoms with E-state index in [2.05, 4.69) is 39.0 Å². The lowest BCUT2D eigenvalue weighted by Gasteiger charge is -2.14. The Morgan fingerprint density at radius 1 is 1.16 bits per heavy atom. The molecule has 1 aliphatic heterocycles. The maximum Gasteiger partial charge on any atom is 0.258 e. The quantitative estimate of drug-likeness (QED) is 0.478. The van der Waals surface area contributed by atoms with Crippen LogP contribution in [0.5, 0.6) is 5.75 Å². The van der Waals surface area contributed by atoms with Crippen LogP contribution in [0.3, 0.4) is 0 Å². The normalized spacial score (nSPS) is 13.5. The number of imidazole rings is 1. The Bertz CT molecular complexity index is 1530. The van der Waals surface area contributed by atoms with Crippen LogP contribution in [0, 0.1) is 0 Å². The fraction of sp³-hybridized carbons (Fsp3) is 0.208. The van der Waals surface area contributed by atoms with Gasteiger partial charge >= 0.3 is 0 Å². The second-order valence-electron chi connectivity index (χ2n) is 8.04. The predicted molar refractivity (Wildman–Crippen MR) is 121 cm³/mol. The fourth-order valence-electron chi connectivity index (χ4n) is 4.51. The number of fused-ring (bicyclic) bond motifs is 4. The number of nitrogens with one attached hydrogen (secondary N) is 1. The van der Waals surface area contributed by atoms with Crippen LogP contribution in [0.4, 0.5) is 0 Å². The van der Waals surface area contributed by atoms with Gasteiger partial charge in [-0.1, -0.05) is 6.07 Å². The minimum absolute atomic E-state index is 0.138. The van der Waals surface area contributed by atoms with Crippen molar-refractivity contribution < 1.29 is 4.74 Å². The van der Waals surface area contributed by atoms with Crippen LogP contribution < -0.4 is 15.6 Å². The Morgan fingerprint density at radius 3 is 3.00 bits per heavy atom. The van der Waals surface area contributed by atoms with Gasteiger partial charge in [0.15, 0.2) is 5.65 Å². The average Bonchev–Trinajstić information content (AvgIpc) is 3.40. The van der Waals surface area contributed by atoms with Crippen LogP contribution in [0.15, 0.2) is 66.1 Å². The van der Waals surface area contributed by atoms with Crippen LogP contribution in [-0.4, -0.2) is 30.0 Å². The molecule has 4 aromatic heterocycles. The van der Waals surface area contributed by atoms with E-state index in [1.165, 1.54) is 22.7 Å². The van der Waals surface area contributed by atoms with Gasteiger partial charge in [0, 0.05) is 68.5 Å². The van der Waals surface area contributed by atoms with Gasteiger partial charge in [0.25, 0.3) is 5.56 Å². The zero-order valence-electron chi connectivity index (χ0n) is 17.7. The minimum Gasteiger partial charge on any atom is -0.487 e. The van der Waals surface area contributed by atoms with Gasteiger partial charge in [0.1, 0.15) is 12.4 Å². The monoisotopic (exact) mass is 426 g/mol. The molecule has 0 radical (unpaired) electrons. The molecule has 0 amide bonds. The van der Waals surface area contributed by atoms with Crippen LogP contribution in [0.1, 0.15) is 17.0 Å². The molecule has 1 N–H and O–H groups in total. The molecule has 8 nitrogen and oxygen atoms in total. The van der Waals surface area contributed by atoms with E-state index in [1.54, 1.807) is 29.2 Å². The molecule has 32 heavy (non-hydrogen) atoms. The number of pyridine rings is 1. The molecule has 0 aliphatic carbocycles. The Balaban J connectivity index is 1.27. The lowest BCUT2D eigenvalue weighted by atomic mass is 10.1. The Morgan fingerprint density at radius 2 is 2.09 bits per heavy atom. The molecule has 5 heterocycles. The van der Waals surface area contributed by atoms with E-state index in [0.29, 0.717) is 5.75 Å². The molecule has 0 fully saturated rings. The highest BCUT2D eigenvalue weighted by Gasteiger charge is 2.18. The first-order chi connectivity index (χ1) is 15.7. The SMILES string of the molecule is Cn1c2c(c3ccc(-n4ccc(OCc5cn6ccnc6cn5)cc4=O)cc31)CNCC2. The van der Waals surface area contributed by atoms with Gasteiger partial charge in [-0.15, -0.1) is 0 Å². The summed E-state index contributed by atoms with van der Waals surface area (Å²) in [7, 11) is 2.10. The Labute approximate surface area is 183 Å². The molecule has 1 aliphatic rings. The summed E-state index contributed by atoms with van der Waals surface area (Å²) in [5, 5.41) is 4.69. The summed E-state index contributed by atoms with van der Waals surface area (Å²) in [4.78, 5) is 21.4. The van der Waals surface area contributed by atoms with Gasteiger partial charge < -0.3 is 19.0 Å². The van der Waals surface area contributed by atoms with E-state index in [9.17, 15) is 4.79 Å². The largest absolute Gasteiger partial charge is 0.487 e. The highest BCUT2D eigenvalue weighted by molar-refractivity contribution is 5.87. The molecule has 0 saturated heterocycles. The van der Waals surface area contributed by atoms with Crippen molar-refractivity contribution in [2.75, 3.05) is 6.54 Å². The Hall–Kier alpha value is -3.91. The smallest absolute Gasteiger partial charge is 0.258 e. The molecule has 8 heteroatoms. The third kappa shape index (κ3) is 3.07. The van der Waals surface area contributed by atoms with E-state index in [-0.39, 0.29) is 12.2 Å². The van der Waals surface area contributed by atoms with Crippen molar-refractivity contribution in [3.8, 4) is 11.4 Å². The van der Waals surface area contributed by atoms with E-state index in [1.807, 2.05) is 22.9 Å². The number of aromatic nitrogens is 5. The third-order valence-electron chi connectivity index (χ3n) is 6.15. The second kappa shape index (κ2) is 7.35. The zero-order valence-corrected chi connectivity index (χ0v) is 17.7. The van der Waals surface area contributed by atoms with Crippen LogP contribution in [0.2, 0.25) is 0 Å². The third-order valence-corrected chi connectivity index (χ3v) is 6.15. The second-order valence-corrected chi connectivity index (χ2v) is 8.04. The van der Waals surface area contributed by atoms with Gasteiger partial charge in [-0.3, -0.25) is 14.3 Å². The summed E-state index contributed by atoms with van der Waals surface area (Å²) in [6, 6.07) is 9.52. The summed E-state index contributed by atoms with van der Waals surface area (Å²) in [6.45, 7) is 2.16. The van der Waals surface area contributed by atoms with Gasteiger partial charge in [-0.05, 0) is 23.8 Å². The van der Waals surface area contributed by atoms with E-state index in [4.69, 9.17) is 4.74 Å². The number of ether oxygens (including phenoxy) is 1. The molecule has 1 aromatic carbocycles. The van der Waals surface area contributed by atoms with Crippen molar-refractivity contribution in [2.24, 2.45) is 7.05 Å². The highest BCUT2D eigenvalue weighted by Crippen LogP contribution is 2.29. The van der Waals surface area contributed by atoms with Crippen molar-refractivity contribution in [1.29, 1.82) is 0 Å². The number of nitrogens with zero attached hydrogens (tertiary/aromatic N) is 5. The molecular weight excluding hydrogens is 404 g/mol. The number of rotatable bonds is 4. The number of hydrogen-bond acceptors (Lipinski definition) is 5. The summed E-state index contributed by atoms with van der Waals surface area (Å²) >= 11 is 0. The lowest BCUT2D eigenvalue weighted by molar-refractivity contribution is 0.299. The summed E-state index contributed by atoms with van der Waals surface area (Å²) in [5.41, 5.74) is 6.11. The topological polar surface area (TPSA) is 78.4 Å². The van der Waals surface area contributed by atoms with Gasteiger partial charge in [0.2, 0.25) is 0 Å². The maximum atomic E-state index is 12.8. The molecule has 0 spiro atoms. The standard InChI is InChI=1S/C24H22N6O2/c1-28-21-4-6-25-12-20(21)19-3-2-17(10-22(19)28)30-8-5-18(11-24(30)31)32-15-16-14-29-9-7-26-23(29)13-27-16/h2-3,5,7-11,13-14,25H,4,6,12,15H2,1H3. The van der Waals surface area contributed by atoms with Crippen LogP contribution >= 0.6 is 0 Å². The van der Waals surface area contributed by atoms with Crippen molar-refractivity contribution in [3.05, 3.63) is 88.6 Å². The van der Waals surface area contributed by atoms with Crippen molar-refractivity contribution in [1.82, 2.24) is 28.8 Å². The van der Waals surface area contributed by atoms with Crippen molar-refractivity contribution in [2.45, 2.75) is 19.6 Å². The van der Waals surface area contributed by atoms with Crippen LogP contribution in [-0.2, 0) is 26.6 Å². The molecule has 6 rings (SSSR count). The summed E-state index contributed by atoms with van der Waals surface area (Å²) in [5.74, 6) is 0.514. The van der Waals surface area contributed by atoms with E-state index in [0.717, 1.165) is 42.1 Å². The lowest BCUT2D eigenvalue weighted by Crippen LogP contribution is -2.24. The fourth-order valence-corrected chi connectivity index (χ4v) is 4.51. The summed E-state index contributed by atoms with van der Waals surface area (Å²) < 4.78 is 11.6. The Kier molecular flexibility index (Phi) is 4.32. The van der Waals surface area contributed by atoms with Crippen LogP contribution in [0.25, 0.3) is 22.2 Å². The molecule has 0 unspecified atom stereocenters. The highest BCUT2D eigenvalue weighted by atomic mass is 16.5. The maximum absolute atomic E-state index is 12.8. The first-order valence-corrected chi connectivity index (χ1v) is 10.6. The first kappa shape index (κ1) is 18.8. The van der Waals surface area contributed by atoms with Gasteiger partial charge in [0.05, 0.1) is 23.1 Å². The van der Waals surface area contributed by atoms with Gasteiger partial charge in [-0.2, -0.15) is 0 Å². The predicted octanol–water partition coefficient (Wildman–Crippen LogP) is 2.60. The molecular formula is C24H22N6O2. The van der Waals surface area contributed by atoms with E-state index >= 15 is 0 Å². The zero-order chi connectivity index (χ0) is 21.7. The minimum atomic E-state index is -0.138. The summed E-state index contributed by atoms with van der Waals surface area (Å²) in [6.07, 6.45) is 9.93. The molecule has 5 aromatic rings. The molecule has 160 valence electrons. The number of aryl methyl sites for hydroxylation is 1. The van der Waals surface area contributed by atoms with Gasteiger partial charge in [-0.25, -0.2) is 4.98 Å². The number of benzene rings is 1.